The number of aromatic nitrogens is 5. The van der Waals surface area contributed by atoms with Gasteiger partial charge in [0.1, 0.15) is 6.33 Å². The van der Waals surface area contributed by atoms with Gasteiger partial charge in [-0.25, -0.2) is 19.5 Å². The monoisotopic (exact) mass is 376 g/mol. The maximum Gasteiger partial charge on any atom is 0.241 e. The topological polar surface area (TPSA) is 86.5 Å². The molecule has 1 aliphatic carbocycles. The van der Waals surface area contributed by atoms with Crippen molar-refractivity contribution >= 4 is 22.4 Å². The third kappa shape index (κ3) is 2.82. The number of fused-ring (bicyclic) bond motifs is 2. The standard InChI is InChI=1S/C20H20N6O2/c1-27-14-8-13(9-14)24-20-21-10-18-15(5-6-26(18)25-20)12-3-4-17-16(7-12)19(28-2)23-11-22-17/h3-7,10-11,13-14H,8-9H2,1-2H3,(H,24,25)/t13-,14+. The lowest BCUT2D eigenvalue weighted by atomic mass is 9.89. The highest BCUT2D eigenvalue weighted by Crippen LogP contribution is 2.31. The minimum absolute atomic E-state index is 0.341. The smallest absolute Gasteiger partial charge is 0.241 e. The van der Waals surface area contributed by atoms with Crippen LogP contribution in [0.5, 0.6) is 5.88 Å². The van der Waals surface area contributed by atoms with Crippen molar-refractivity contribution in [1.82, 2.24) is 24.6 Å². The Morgan fingerprint density at radius 1 is 1.11 bits per heavy atom. The summed E-state index contributed by atoms with van der Waals surface area (Å²) in [4.78, 5) is 13.0. The van der Waals surface area contributed by atoms with E-state index in [4.69, 9.17) is 9.47 Å². The van der Waals surface area contributed by atoms with Gasteiger partial charge in [-0.05, 0) is 36.6 Å². The fourth-order valence-corrected chi connectivity index (χ4v) is 3.63. The molecule has 0 saturated heterocycles. The first-order valence-corrected chi connectivity index (χ1v) is 9.18. The lowest BCUT2D eigenvalue weighted by molar-refractivity contribution is 0.0326. The van der Waals surface area contributed by atoms with E-state index >= 15 is 0 Å². The molecule has 1 saturated carbocycles. The summed E-state index contributed by atoms with van der Waals surface area (Å²) in [6.45, 7) is 0. The van der Waals surface area contributed by atoms with Crippen LogP contribution < -0.4 is 10.1 Å². The van der Waals surface area contributed by atoms with Gasteiger partial charge in [-0.1, -0.05) is 6.07 Å². The number of ether oxygens (including phenoxy) is 2. The third-order valence-electron chi connectivity index (χ3n) is 5.28. The predicted octanol–water partition coefficient (Wildman–Crippen LogP) is 2.94. The molecule has 1 aliphatic rings. The molecule has 4 aromatic rings. The molecule has 8 nitrogen and oxygen atoms in total. The molecule has 1 aromatic carbocycles. The Hall–Kier alpha value is -3.26. The largest absolute Gasteiger partial charge is 0.480 e. The Labute approximate surface area is 161 Å². The van der Waals surface area contributed by atoms with E-state index in [9.17, 15) is 0 Å². The number of rotatable bonds is 5. The molecule has 0 atom stereocenters. The summed E-state index contributed by atoms with van der Waals surface area (Å²) in [7, 11) is 3.36. The van der Waals surface area contributed by atoms with Crippen LogP contribution in [0, 0.1) is 0 Å². The number of nitrogens with zero attached hydrogens (tertiary/aromatic N) is 5. The van der Waals surface area contributed by atoms with E-state index < -0.39 is 0 Å². The van der Waals surface area contributed by atoms with Gasteiger partial charge >= 0.3 is 0 Å². The van der Waals surface area contributed by atoms with E-state index in [1.165, 1.54) is 6.33 Å². The van der Waals surface area contributed by atoms with Crippen LogP contribution in [0.15, 0.2) is 43.0 Å². The summed E-state index contributed by atoms with van der Waals surface area (Å²) in [5, 5.41) is 8.84. The van der Waals surface area contributed by atoms with Crippen molar-refractivity contribution in [2.45, 2.75) is 25.0 Å². The lowest BCUT2D eigenvalue weighted by Gasteiger charge is -2.34. The predicted molar refractivity (Wildman–Crippen MR) is 106 cm³/mol. The molecular formula is C20H20N6O2. The van der Waals surface area contributed by atoms with E-state index in [1.54, 1.807) is 14.2 Å². The normalized spacial score (nSPS) is 18.9. The van der Waals surface area contributed by atoms with Crippen molar-refractivity contribution < 1.29 is 9.47 Å². The minimum Gasteiger partial charge on any atom is -0.480 e. The fraction of sp³-hybridized carbons (Fsp3) is 0.300. The maximum absolute atomic E-state index is 5.37. The highest BCUT2D eigenvalue weighted by Gasteiger charge is 2.29. The summed E-state index contributed by atoms with van der Waals surface area (Å²) in [6.07, 6.45) is 7.60. The second-order valence-electron chi connectivity index (χ2n) is 6.93. The van der Waals surface area contributed by atoms with Gasteiger partial charge in [0.25, 0.3) is 0 Å². The van der Waals surface area contributed by atoms with Gasteiger partial charge in [-0.2, -0.15) is 0 Å². The Morgan fingerprint density at radius 2 is 2.00 bits per heavy atom. The molecule has 142 valence electrons. The number of nitrogens with one attached hydrogen (secondary N) is 1. The SMILES string of the molecule is COc1ncnc2ccc(-c3ccn4nc(N[C@H]5C[C@@H](OC)C5)ncc34)cc12. The van der Waals surface area contributed by atoms with Crippen LogP contribution in [0.25, 0.3) is 27.5 Å². The summed E-state index contributed by atoms with van der Waals surface area (Å²) in [5.74, 6) is 1.19. The van der Waals surface area contributed by atoms with Crippen LogP contribution in [0.2, 0.25) is 0 Å². The van der Waals surface area contributed by atoms with Crippen LogP contribution in [-0.2, 0) is 4.74 Å². The minimum atomic E-state index is 0.341. The van der Waals surface area contributed by atoms with Crippen molar-refractivity contribution in [3.63, 3.8) is 0 Å². The quantitative estimate of drug-likeness (QED) is 0.573. The molecule has 0 unspecified atom stereocenters. The van der Waals surface area contributed by atoms with Crippen molar-refractivity contribution in [2.75, 3.05) is 19.5 Å². The first kappa shape index (κ1) is 16.9. The van der Waals surface area contributed by atoms with Gasteiger partial charge in [0.2, 0.25) is 11.8 Å². The number of hydrogen-bond donors (Lipinski definition) is 1. The number of anilines is 1. The Bertz CT molecular complexity index is 1150. The maximum atomic E-state index is 5.37. The van der Waals surface area contributed by atoms with E-state index in [2.05, 4.69) is 25.4 Å². The van der Waals surface area contributed by atoms with Gasteiger partial charge in [-0.3, -0.25) is 0 Å². The highest BCUT2D eigenvalue weighted by molar-refractivity contribution is 5.91. The molecule has 0 aliphatic heterocycles. The molecular weight excluding hydrogens is 356 g/mol. The molecule has 1 N–H and O–H groups in total. The van der Waals surface area contributed by atoms with Crippen LogP contribution in [0.3, 0.4) is 0 Å². The molecule has 28 heavy (non-hydrogen) atoms. The number of hydrogen-bond acceptors (Lipinski definition) is 7. The molecule has 0 spiro atoms. The van der Waals surface area contributed by atoms with Crippen LogP contribution >= 0.6 is 0 Å². The first-order chi connectivity index (χ1) is 13.7. The van der Waals surface area contributed by atoms with Gasteiger partial charge in [0, 0.05) is 24.9 Å². The van der Waals surface area contributed by atoms with Gasteiger partial charge in [0.05, 0.1) is 35.8 Å². The average Bonchev–Trinajstić information content (AvgIpc) is 3.12. The fourth-order valence-electron chi connectivity index (χ4n) is 3.63. The molecule has 3 aromatic heterocycles. The zero-order valence-electron chi connectivity index (χ0n) is 15.7. The van der Waals surface area contributed by atoms with Crippen molar-refractivity contribution in [3.8, 4) is 17.0 Å². The lowest BCUT2D eigenvalue weighted by Crippen LogP contribution is -2.40. The average molecular weight is 376 g/mol. The van der Waals surface area contributed by atoms with Crippen molar-refractivity contribution in [1.29, 1.82) is 0 Å². The van der Waals surface area contributed by atoms with E-state index in [0.717, 1.165) is 40.4 Å². The molecule has 0 amide bonds. The molecule has 0 radical (unpaired) electrons. The summed E-state index contributed by atoms with van der Waals surface area (Å²) < 4.78 is 12.5. The summed E-state index contributed by atoms with van der Waals surface area (Å²) in [5.41, 5.74) is 3.86. The zero-order valence-corrected chi connectivity index (χ0v) is 15.7. The van der Waals surface area contributed by atoms with Crippen molar-refractivity contribution in [2.24, 2.45) is 0 Å². The Morgan fingerprint density at radius 3 is 2.82 bits per heavy atom. The summed E-state index contributed by atoms with van der Waals surface area (Å²) >= 11 is 0. The molecule has 1 fully saturated rings. The highest BCUT2D eigenvalue weighted by atomic mass is 16.5. The van der Waals surface area contributed by atoms with Crippen LogP contribution in [0.4, 0.5) is 5.95 Å². The number of benzene rings is 1. The van der Waals surface area contributed by atoms with Crippen LogP contribution in [-0.4, -0.2) is 50.9 Å². The molecule has 0 bridgehead atoms. The van der Waals surface area contributed by atoms with Crippen LogP contribution in [0.1, 0.15) is 12.8 Å². The second kappa shape index (κ2) is 6.72. The molecule has 3 heterocycles. The zero-order chi connectivity index (χ0) is 19.1. The van der Waals surface area contributed by atoms with Gasteiger partial charge in [0.15, 0.2) is 0 Å². The van der Waals surface area contributed by atoms with E-state index in [0.29, 0.717) is 24.0 Å². The molecule has 8 heteroatoms. The Kier molecular flexibility index (Phi) is 4.05. The van der Waals surface area contributed by atoms with E-state index in [1.807, 2.05) is 41.2 Å². The van der Waals surface area contributed by atoms with E-state index in [-0.39, 0.29) is 0 Å². The third-order valence-corrected chi connectivity index (χ3v) is 5.28. The number of methoxy groups -OCH3 is 2. The Balaban J connectivity index is 1.47. The second-order valence-corrected chi connectivity index (χ2v) is 6.93. The first-order valence-electron chi connectivity index (χ1n) is 9.18. The molecule has 5 rings (SSSR count). The summed E-state index contributed by atoms with van der Waals surface area (Å²) in [6, 6.07) is 8.45. The van der Waals surface area contributed by atoms with Crippen molar-refractivity contribution in [3.05, 3.63) is 43.0 Å². The van der Waals surface area contributed by atoms with Gasteiger partial charge < -0.3 is 14.8 Å². The van der Waals surface area contributed by atoms with Gasteiger partial charge in [-0.15, -0.1) is 5.10 Å².